The molecule has 0 saturated heterocycles. The van der Waals surface area contributed by atoms with Crippen LogP contribution in [0.4, 0.5) is 10.1 Å². The average Bonchev–Trinajstić information content (AvgIpc) is 2.26. The van der Waals surface area contributed by atoms with Crippen LogP contribution in [0.2, 0.25) is 0 Å². The second kappa shape index (κ2) is 6.18. The number of benzene rings is 1. The van der Waals surface area contributed by atoms with Crippen molar-refractivity contribution in [2.75, 3.05) is 26.1 Å². The zero-order chi connectivity index (χ0) is 12.1. The molecule has 0 bridgehead atoms. The van der Waals surface area contributed by atoms with Crippen molar-refractivity contribution in [3.05, 3.63) is 28.0 Å². The molecule has 1 rings (SSSR count). The number of hydrogen-bond acceptors (Lipinski definition) is 3. The lowest BCUT2D eigenvalue weighted by Gasteiger charge is -2.16. The molecule has 1 aromatic rings. The number of hydrogen-bond donors (Lipinski definition) is 1. The molecule has 0 aromatic heterocycles. The van der Waals surface area contributed by atoms with Crippen LogP contribution < -0.4 is 5.32 Å². The summed E-state index contributed by atoms with van der Waals surface area (Å²) in [5.41, 5.74) is 1.69. The fraction of sp³-hybridized carbons (Fsp3) is 0.455. The third kappa shape index (κ3) is 3.43. The highest BCUT2D eigenvalue weighted by Crippen LogP contribution is 2.23. The topological polar surface area (TPSA) is 30.5 Å². The summed E-state index contributed by atoms with van der Waals surface area (Å²) in [5.74, 6) is -0.292. The first kappa shape index (κ1) is 13.4. The van der Waals surface area contributed by atoms with Crippen LogP contribution in [-0.2, 0) is 9.47 Å². The second-order valence-electron chi connectivity index (χ2n) is 3.36. The van der Waals surface area contributed by atoms with Crippen LogP contribution in [-0.4, -0.2) is 27.1 Å². The van der Waals surface area contributed by atoms with E-state index in [1.54, 1.807) is 20.3 Å². The molecule has 0 saturated carbocycles. The van der Waals surface area contributed by atoms with Gasteiger partial charge in [-0.2, -0.15) is 0 Å². The van der Waals surface area contributed by atoms with Gasteiger partial charge in [-0.3, -0.25) is 0 Å². The van der Waals surface area contributed by atoms with Gasteiger partial charge in [0.25, 0.3) is 0 Å². The Morgan fingerprint density at radius 2 is 2.00 bits per heavy atom. The zero-order valence-corrected chi connectivity index (χ0v) is 11.1. The third-order valence-electron chi connectivity index (χ3n) is 2.25. The Hall–Kier alpha value is -0.650. The summed E-state index contributed by atoms with van der Waals surface area (Å²) in [4.78, 5) is 0. The van der Waals surface area contributed by atoms with Crippen LogP contribution in [0.15, 0.2) is 16.6 Å². The lowest BCUT2D eigenvalue weighted by Crippen LogP contribution is -2.23. The van der Waals surface area contributed by atoms with E-state index in [-0.39, 0.29) is 12.1 Å². The van der Waals surface area contributed by atoms with E-state index >= 15 is 0 Å². The van der Waals surface area contributed by atoms with E-state index < -0.39 is 0 Å². The summed E-state index contributed by atoms with van der Waals surface area (Å²) in [6.07, 6.45) is -0.342. The van der Waals surface area contributed by atoms with Crippen molar-refractivity contribution in [1.29, 1.82) is 0 Å². The standard InChI is InChI=1S/C11H15BrFNO2/c1-7-4-8(12)9(13)5-10(7)14-6-11(15-2)16-3/h4-5,11,14H,6H2,1-3H3. The van der Waals surface area contributed by atoms with Gasteiger partial charge in [-0.05, 0) is 40.5 Å². The van der Waals surface area contributed by atoms with Crippen molar-refractivity contribution in [3.63, 3.8) is 0 Å². The number of anilines is 1. The minimum atomic E-state index is -0.342. The summed E-state index contributed by atoms with van der Waals surface area (Å²) in [6, 6.07) is 3.17. The monoisotopic (exact) mass is 291 g/mol. The molecule has 1 N–H and O–H groups in total. The SMILES string of the molecule is COC(CNc1cc(F)c(Br)cc1C)OC. The number of methoxy groups -OCH3 is 2. The van der Waals surface area contributed by atoms with Gasteiger partial charge in [-0.15, -0.1) is 0 Å². The van der Waals surface area contributed by atoms with Crippen LogP contribution in [0.1, 0.15) is 5.56 Å². The molecule has 0 radical (unpaired) electrons. The van der Waals surface area contributed by atoms with Gasteiger partial charge in [-0.1, -0.05) is 0 Å². The maximum absolute atomic E-state index is 13.3. The van der Waals surface area contributed by atoms with Gasteiger partial charge in [0.1, 0.15) is 5.82 Å². The minimum absolute atomic E-state index is 0.292. The lowest BCUT2D eigenvalue weighted by molar-refractivity contribution is -0.0914. The lowest BCUT2D eigenvalue weighted by atomic mass is 10.2. The van der Waals surface area contributed by atoms with E-state index in [0.717, 1.165) is 11.3 Å². The molecule has 3 nitrogen and oxygen atoms in total. The van der Waals surface area contributed by atoms with E-state index in [4.69, 9.17) is 9.47 Å². The molecule has 5 heteroatoms. The van der Waals surface area contributed by atoms with Gasteiger partial charge < -0.3 is 14.8 Å². The molecular weight excluding hydrogens is 277 g/mol. The first-order chi connectivity index (χ1) is 7.58. The second-order valence-corrected chi connectivity index (χ2v) is 4.22. The molecule has 1 aromatic carbocycles. The molecule has 0 atom stereocenters. The van der Waals surface area contributed by atoms with Gasteiger partial charge in [0.2, 0.25) is 0 Å². The average molecular weight is 292 g/mol. The van der Waals surface area contributed by atoms with Crippen LogP contribution in [0.5, 0.6) is 0 Å². The predicted molar refractivity (Wildman–Crippen MR) is 65.1 cm³/mol. The first-order valence-corrected chi connectivity index (χ1v) is 5.63. The fourth-order valence-electron chi connectivity index (χ4n) is 1.29. The van der Waals surface area contributed by atoms with Crippen molar-refractivity contribution in [3.8, 4) is 0 Å². The van der Waals surface area contributed by atoms with Crippen LogP contribution >= 0.6 is 15.9 Å². The molecule has 90 valence electrons. The molecule has 0 heterocycles. The Morgan fingerprint density at radius 3 is 2.56 bits per heavy atom. The largest absolute Gasteiger partial charge is 0.380 e. The van der Waals surface area contributed by atoms with Gasteiger partial charge in [0, 0.05) is 19.9 Å². The Bertz CT molecular complexity index is 356. The van der Waals surface area contributed by atoms with Crippen LogP contribution in [0.25, 0.3) is 0 Å². The number of rotatable bonds is 5. The van der Waals surface area contributed by atoms with Crippen molar-refractivity contribution < 1.29 is 13.9 Å². The number of ether oxygens (including phenoxy) is 2. The molecule has 0 aliphatic heterocycles. The summed E-state index contributed by atoms with van der Waals surface area (Å²) < 4.78 is 23.8. The van der Waals surface area contributed by atoms with E-state index in [0.29, 0.717) is 11.0 Å². The number of nitrogens with one attached hydrogen (secondary N) is 1. The molecule has 0 amide bonds. The molecule has 16 heavy (non-hydrogen) atoms. The van der Waals surface area contributed by atoms with Crippen molar-refractivity contribution >= 4 is 21.6 Å². The fourth-order valence-corrected chi connectivity index (χ4v) is 1.75. The minimum Gasteiger partial charge on any atom is -0.380 e. The van der Waals surface area contributed by atoms with Gasteiger partial charge in [0.05, 0.1) is 11.0 Å². The van der Waals surface area contributed by atoms with Crippen LogP contribution in [0, 0.1) is 12.7 Å². The van der Waals surface area contributed by atoms with E-state index in [1.165, 1.54) is 6.07 Å². The van der Waals surface area contributed by atoms with Gasteiger partial charge in [-0.25, -0.2) is 4.39 Å². The van der Waals surface area contributed by atoms with E-state index in [2.05, 4.69) is 21.2 Å². The smallest absolute Gasteiger partial charge is 0.173 e. The zero-order valence-electron chi connectivity index (χ0n) is 9.51. The predicted octanol–water partition coefficient (Wildman–Crippen LogP) is 2.93. The van der Waals surface area contributed by atoms with Crippen LogP contribution in [0.3, 0.4) is 0 Å². The quantitative estimate of drug-likeness (QED) is 0.846. The Morgan fingerprint density at radius 1 is 1.38 bits per heavy atom. The summed E-state index contributed by atoms with van der Waals surface area (Å²) in [5, 5.41) is 3.07. The Labute approximate surface area is 103 Å². The highest BCUT2D eigenvalue weighted by atomic mass is 79.9. The van der Waals surface area contributed by atoms with Gasteiger partial charge in [0.15, 0.2) is 6.29 Å². The van der Waals surface area contributed by atoms with E-state index in [1.807, 2.05) is 6.92 Å². The highest BCUT2D eigenvalue weighted by Gasteiger charge is 2.08. The van der Waals surface area contributed by atoms with Crippen molar-refractivity contribution in [2.45, 2.75) is 13.2 Å². The Kier molecular flexibility index (Phi) is 5.18. The van der Waals surface area contributed by atoms with Crippen molar-refractivity contribution in [1.82, 2.24) is 0 Å². The van der Waals surface area contributed by atoms with E-state index in [9.17, 15) is 4.39 Å². The molecule has 0 aliphatic rings. The maximum Gasteiger partial charge on any atom is 0.173 e. The number of halogens is 2. The molecular formula is C11H15BrFNO2. The first-order valence-electron chi connectivity index (χ1n) is 4.83. The number of aryl methyl sites for hydroxylation is 1. The van der Waals surface area contributed by atoms with Gasteiger partial charge >= 0.3 is 0 Å². The maximum atomic E-state index is 13.3. The molecule has 0 unspecified atom stereocenters. The molecule has 0 spiro atoms. The summed E-state index contributed by atoms with van der Waals surface area (Å²) in [7, 11) is 3.12. The molecule has 0 fully saturated rings. The summed E-state index contributed by atoms with van der Waals surface area (Å²) >= 11 is 3.14. The Balaban J connectivity index is 2.70. The third-order valence-corrected chi connectivity index (χ3v) is 2.86. The molecule has 0 aliphatic carbocycles. The normalized spacial score (nSPS) is 10.9. The summed E-state index contributed by atoms with van der Waals surface area (Å²) in [6.45, 7) is 2.37. The van der Waals surface area contributed by atoms with Crippen molar-refractivity contribution in [2.24, 2.45) is 0 Å². The highest BCUT2D eigenvalue weighted by molar-refractivity contribution is 9.10.